The minimum atomic E-state index is 0.408. The summed E-state index contributed by atoms with van der Waals surface area (Å²) in [4.78, 5) is 0. The van der Waals surface area contributed by atoms with E-state index in [-0.39, 0.29) is 0 Å². The lowest BCUT2D eigenvalue weighted by atomic mass is 10.2. The van der Waals surface area contributed by atoms with E-state index in [1.54, 1.807) is 0 Å². The third-order valence-electron chi connectivity index (χ3n) is 1.50. The highest BCUT2D eigenvalue weighted by Crippen LogP contribution is 1.95. The number of nitrogens with one attached hydrogen (secondary N) is 1. The van der Waals surface area contributed by atoms with Crippen molar-refractivity contribution >= 4 is 0 Å². The molecule has 0 amide bonds. The number of hydrogen-bond donors (Lipinski definition) is 1. The van der Waals surface area contributed by atoms with E-state index in [1.165, 1.54) is 12.8 Å². The molecule has 0 fully saturated rings. The Morgan fingerprint density at radius 1 is 1.44 bits per heavy atom. The Morgan fingerprint density at radius 3 is 3.22 bits per heavy atom. The number of rotatable bonds is 0. The van der Waals surface area contributed by atoms with Gasteiger partial charge in [-0.25, -0.2) is 0 Å². The average Bonchev–Trinajstić information content (AvgIpc) is 1.79. The molecular weight excluding hydrogens is 110 g/mol. The van der Waals surface area contributed by atoms with Crippen LogP contribution in [0.1, 0.15) is 26.2 Å². The first-order chi connectivity index (χ1) is 4.39. The van der Waals surface area contributed by atoms with Gasteiger partial charge in [-0.1, -0.05) is 5.92 Å². The van der Waals surface area contributed by atoms with Gasteiger partial charge >= 0.3 is 0 Å². The molecule has 1 aliphatic heterocycles. The van der Waals surface area contributed by atoms with Gasteiger partial charge in [-0.2, -0.15) is 0 Å². The zero-order chi connectivity index (χ0) is 6.53. The molecular formula is C8H13N. The van der Waals surface area contributed by atoms with Crippen molar-refractivity contribution in [1.29, 1.82) is 0 Å². The molecule has 0 spiro atoms. The summed E-state index contributed by atoms with van der Waals surface area (Å²) in [6.07, 6.45) is 3.62. The second-order valence-corrected chi connectivity index (χ2v) is 2.45. The second kappa shape index (κ2) is 3.53. The fraction of sp³-hybridized carbons (Fsp3) is 0.750. The first-order valence-corrected chi connectivity index (χ1v) is 3.61. The van der Waals surface area contributed by atoms with Gasteiger partial charge in [0.15, 0.2) is 0 Å². The standard InChI is InChI=1S/C8H13N/c1-8-6-4-2-3-5-7-9-8/h8-9H,2-3,5,7H2,1H3. The van der Waals surface area contributed by atoms with Gasteiger partial charge in [0, 0.05) is 6.42 Å². The van der Waals surface area contributed by atoms with Gasteiger partial charge in [0.1, 0.15) is 0 Å². The average molecular weight is 123 g/mol. The first kappa shape index (κ1) is 6.64. The van der Waals surface area contributed by atoms with E-state index in [9.17, 15) is 0 Å². The Balaban J connectivity index is 2.37. The Hall–Kier alpha value is -0.480. The summed E-state index contributed by atoms with van der Waals surface area (Å²) in [5, 5.41) is 3.31. The number of hydrogen-bond acceptors (Lipinski definition) is 1. The van der Waals surface area contributed by atoms with Crippen molar-refractivity contribution in [3.05, 3.63) is 0 Å². The summed E-state index contributed by atoms with van der Waals surface area (Å²) in [5.41, 5.74) is 0. The third-order valence-corrected chi connectivity index (χ3v) is 1.50. The molecule has 0 aromatic heterocycles. The molecule has 1 nitrogen and oxygen atoms in total. The molecule has 0 bridgehead atoms. The van der Waals surface area contributed by atoms with Crippen LogP contribution in [0, 0.1) is 11.8 Å². The van der Waals surface area contributed by atoms with Crippen molar-refractivity contribution in [2.75, 3.05) is 6.54 Å². The molecule has 0 aromatic rings. The molecule has 9 heavy (non-hydrogen) atoms. The Labute approximate surface area is 56.8 Å². The molecule has 1 rings (SSSR count). The maximum absolute atomic E-state index is 3.31. The van der Waals surface area contributed by atoms with Crippen molar-refractivity contribution in [2.45, 2.75) is 32.2 Å². The lowest BCUT2D eigenvalue weighted by Crippen LogP contribution is -2.26. The van der Waals surface area contributed by atoms with Gasteiger partial charge < -0.3 is 5.32 Å². The van der Waals surface area contributed by atoms with E-state index in [0.717, 1.165) is 13.0 Å². The van der Waals surface area contributed by atoms with Crippen LogP contribution < -0.4 is 5.32 Å². The molecule has 1 aliphatic rings. The van der Waals surface area contributed by atoms with Crippen LogP contribution in [0.4, 0.5) is 0 Å². The summed E-state index contributed by atoms with van der Waals surface area (Å²) in [6, 6.07) is 0.408. The lowest BCUT2D eigenvalue weighted by Gasteiger charge is -2.08. The highest BCUT2D eigenvalue weighted by atomic mass is 14.9. The summed E-state index contributed by atoms with van der Waals surface area (Å²) < 4.78 is 0. The molecule has 1 atom stereocenters. The first-order valence-electron chi connectivity index (χ1n) is 3.61. The SMILES string of the molecule is CC1C#CCCCCN1. The van der Waals surface area contributed by atoms with E-state index in [2.05, 4.69) is 24.1 Å². The van der Waals surface area contributed by atoms with E-state index in [0.29, 0.717) is 6.04 Å². The van der Waals surface area contributed by atoms with Gasteiger partial charge in [-0.05, 0) is 26.3 Å². The smallest absolute Gasteiger partial charge is 0.0660 e. The maximum atomic E-state index is 3.31. The van der Waals surface area contributed by atoms with E-state index < -0.39 is 0 Å². The Kier molecular flexibility index (Phi) is 2.60. The predicted octanol–water partition coefficient (Wildman–Crippen LogP) is 1.15. The van der Waals surface area contributed by atoms with Crippen LogP contribution in [-0.4, -0.2) is 12.6 Å². The summed E-state index contributed by atoms with van der Waals surface area (Å²) >= 11 is 0. The molecule has 1 unspecified atom stereocenters. The van der Waals surface area contributed by atoms with Crippen LogP contribution in [0.25, 0.3) is 0 Å². The van der Waals surface area contributed by atoms with E-state index in [1.807, 2.05) is 0 Å². The molecule has 0 aromatic carbocycles. The zero-order valence-electron chi connectivity index (χ0n) is 5.91. The molecule has 1 N–H and O–H groups in total. The minimum Gasteiger partial charge on any atom is -0.304 e. The van der Waals surface area contributed by atoms with Crippen molar-refractivity contribution in [3.8, 4) is 11.8 Å². The molecule has 50 valence electrons. The molecule has 0 radical (unpaired) electrons. The molecule has 0 aliphatic carbocycles. The van der Waals surface area contributed by atoms with Crippen molar-refractivity contribution in [1.82, 2.24) is 5.32 Å². The molecule has 0 saturated carbocycles. The van der Waals surface area contributed by atoms with Crippen LogP contribution in [0.5, 0.6) is 0 Å². The normalized spacial score (nSPS) is 27.4. The predicted molar refractivity (Wildman–Crippen MR) is 39.1 cm³/mol. The van der Waals surface area contributed by atoms with Gasteiger partial charge in [0.2, 0.25) is 0 Å². The highest BCUT2D eigenvalue weighted by molar-refractivity contribution is 5.06. The molecule has 1 heterocycles. The van der Waals surface area contributed by atoms with Gasteiger partial charge in [-0.3, -0.25) is 0 Å². The quantitative estimate of drug-likeness (QED) is 0.476. The summed E-state index contributed by atoms with van der Waals surface area (Å²) in [5.74, 6) is 6.25. The largest absolute Gasteiger partial charge is 0.304 e. The zero-order valence-corrected chi connectivity index (χ0v) is 5.91. The fourth-order valence-electron chi connectivity index (χ4n) is 0.933. The van der Waals surface area contributed by atoms with Crippen molar-refractivity contribution < 1.29 is 0 Å². The summed E-state index contributed by atoms with van der Waals surface area (Å²) in [6.45, 7) is 3.24. The van der Waals surface area contributed by atoms with Gasteiger partial charge in [-0.15, -0.1) is 5.92 Å². The topological polar surface area (TPSA) is 12.0 Å². The van der Waals surface area contributed by atoms with Crippen LogP contribution in [0.2, 0.25) is 0 Å². The molecule has 1 heteroatoms. The van der Waals surface area contributed by atoms with Crippen LogP contribution >= 0.6 is 0 Å². The monoisotopic (exact) mass is 123 g/mol. The van der Waals surface area contributed by atoms with E-state index >= 15 is 0 Å². The molecule has 0 saturated heterocycles. The third kappa shape index (κ3) is 2.53. The van der Waals surface area contributed by atoms with Crippen LogP contribution in [0.15, 0.2) is 0 Å². The van der Waals surface area contributed by atoms with E-state index in [4.69, 9.17) is 0 Å². The van der Waals surface area contributed by atoms with Gasteiger partial charge in [0.05, 0.1) is 6.04 Å². The van der Waals surface area contributed by atoms with Crippen molar-refractivity contribution in [3.63, 3.8) is 0 Å². The van der Waals surface area contributed by atoms with Crippen molar-refractivity contribution in [2.24, 2.45) is 0 Å². The summed E-state index contributed by atoms with van der Waals surface area (Å²) in [7, 11) is 0. The maximum Gasteiger partial charge on any atom is 0.0660 e. The van der Waals surface area contributed by atoms with Gasteiger partial charge in [0.25, 0.3) is 0 Å². The highest BCUT2D eigenvalue weighted by Gasteiger charge is 1.96. The minimum absolute atomic E-state index is 0.408. The second-order valence-electron chi connectivity index (χ2n) is 2.45. The van der Waals surface area contributed by atoms with Crippen LogP contribution in [0.3, 0.4) is 0 Å². The Morgan fingerprint density at radius 2 is 2.33 bits per heavy atom. The van der Waals surface area contributed by atoms with Crippen LogP contribution in [-0.2, 0) is 0 Å². The fourth-order valence-corrected chi connectivity index (χ4v) is 0.933. The lowest BCUT2D eigenvalue weighted by molar-refractivity contribution is 0.593. The Bertz CT molecular complexity index is 129.